The van der Waals surface area contributed by atoms with E-state index in [4.69, 9.17) is 0 Å². The largest absolute Gasteiger partial charge is 0.396 e. The molecule has 3 heterocycles. The second-order valence-electron chi connectivity index (χ2n) is 9.72. The number of aliphatic hydroxyl groups excluding tert-OH is 1. The van der Waals surface area contributed by atoms with Crippen LogP contribution in [0.1, 0.15) is 45.1 Å². The predicted molar refractivity (Wildman–Crippen MR) is 115 cm³/mol. The van der Waals surface area contributed by atoms with Crippen LogP contribution < -0.4 is 0 Å². The van der Waals surface area contributed by atoms with Gasteiger partial charge in [-0.1, -0.05) is 19.9 Å². The molecule has 1 amide bonds. The molecule has 1 aromatic rings. The maximum atomic E-state index is 13.0. The van der Waals surface area contributed by atoms with Crippen LogP contribution in [-0.2, 0) is 11.3 Å². The van der Waals surface area contributed by atoms with Gasteiger partial charge in [-0.3, -0.25) is 19.6 Å². The Bertz CT molecular complexity index is 644. The fourth-order valence-corrected chi connectivity index (χ4v) is 4.81. The number of piperidine rings is 2. The highest BCUT2D eigenvalue weighted by atomic mass is 16.3. The molecule has 2 saturated heterocycles. The zero-order chi connectivity index (χ0) is 20.9. The maximum Gasteiger partial charge on any atom is 0.226 e. The normalized spacial score (nSPS) is 22.6. The number of likely N-dealkylation sites (tertiary alicyclic amines) is 2. The van der Waals surface area contributed by atoms with Gasteiger partial charge >= 0.3 is 0 Å². The molecule has 162 valence electrons. The Kier molecular flexibility index (Phi) is 7.66. The summed E-state index contributed by atoms with van der Waals surface area (Å²) in [5, 5.41) is 9.51. The minimum atomic E-state index is -0.250. The number of carbonyl (C=O) groups is 1. The summed E-state index contributed by atoms with van der Waals surface area (Å²) in [4.78, 5) is 24.1. The van der Waals surface area contributed by atoms with Gasteiger partial charge in [0.05, 0.1) is 5.92 Å². The van der Waals surface area contributed by atoms with Crippen molar-refractivity contribution in [1.82, 2.24) is 19.7 Å². The van der Waals surface area contributed by atoms with Crippen molar-refractivity contribution < 1.29 is 9.90 Å². The summed E-state index contributed by atoms with van der Waals surface area (Å²) in [5.74, 6) is 0.335. The number of aliphatic hydroxyl groups is 1. The number of amides is 1. The van der Waals surface area contributed by atoms with Crippen molar-refractivity contribution in [3.8, 4) is 0 Å². The first-order valence-corrected chi connectivity index (χ1v) is 11.1. The van der Waals surface area contributed by atoms with Crippen molar-refractivity contribution in [2.45, 2.75) is 52.1 Å². The van der Waals surface area contributed by atoms with Gasteiger partial charge in [0.1, 0.15) is 0 Å². The summed E-state index contributed by atoms with van der Waals surface area (Å²) in [7, 11) is 1.88. The lowest BCUT2D eigenvalue weighted by atomic mass is 9.91. The molecule has 6 heteroatoms. The van der Waals surface area contributed by atoms with Crippen LogP contribution in [0.25, 0.3) is 0 Å². The van der Waals surface area contributed by atoms with Crippen molar-refractivity contribution in [1.29, 1.82) is 0 Å². The molecular weight excluding hydrogens is 364 g/mol. The Morgan fingerprint density at radius 3 is 2.69 bits per heavy atom. The van der Waals surface area contributed by atoms with Crippen LogP contribution in [0.4, 0.5) is 0 Å². The van der Waals surface area contributed by atoms with Gasteiger partial charge in [0.15, 0.2) is 0 Å². The monoisotopic (exact) mass is 402 g/mol. The highest BCUT2D eigenvalue weighted by Crippen LogP contribution is 2.26. The summed E-state index contributed by atoms with van der Waals surface area (Å²) in [6.45, 7) is 9.90. The van der Waals surface area contributed by atoms with Crippen LogP contribution in [0.2, 0.25) is 0 Å². The molecule has 2 fully saturated rings. The van der Waals surface area contributed by atoms with Gasteiger partial charge in [-0.15, -0.1) is 0 Å². The molecule has 0 bridgehead atoms. The summed E-state index contributed by atoms with van der Waals surface area (Å²) < 4.78 is 0. The lowest BCUT2D eigenvalue weighted by Crippen LogP contribution is -2.51. The molecule has 0 spiro atoms. The van der Waals surface area contributed by atoms with Crippen LogP contribution >= 0.6 is 0 Å². The van der Waals surface area contributed by atoms with E-state index in [1.807, 2.05) is 44.3 Å². The summed E-state index contributed by atoms with van der Waals surface area (Å²) in [5.41, 5.74) is 1.03. The number of hydrogen-bond acceptors (Lipinski definition) is 5. The molecule has 0 aliphatic carbocycles. The third kappa shape index (κ3) is 6.24. The Labute approximate surface area is 175 Å². The molecule has 0 saturated carbocycles. The van der Waals surface area contributed by atoms with Gasteiger partial charge in [-0.25, -0.2) is 0 Å². The molecule has 3 rings (SSSR count). The fourth-order valence-electron chi connectivity index (χ4n) is 4.81. The summed E-state index contributed by atoms with van der Waals surface area (Å²) >= 11 is 0. The molecule has 0 aromatic carbocycles. The van der Waals surface area contributed by atoms with E-state index < -0.39 is 0 Å². The number of nitrogens with zero attached hydrogens (tertiary/aromatic N) is 4. The Morgan fingerprint density at radius 2 is 2.03 bits per heavy atom. The number of carbonyl (C=O) groups excluding carboxylic acids is 1. The van der Waals surface area contributed by atoms with Crippen molar-refractivity contribution in [2.24, 2.45) is 11.3 Å². The van der Waals surface area contributed by atoms with Crippen molar-refractivity contribution in [3.63, 3.8) is 0 Å². The van der Waals surface area contributed by atoms with Gasteiger partial charge in [0.2, 0.25) is 5.91 Å². The second-order valence-corrected chi connectivity index (χ2v) is 9.72. The van der Waals surface area contributed by atoms with Crippen LogP contribution in [0.15, 0.2) is 24.5 Å². The van der Waals surface area contributed by atoms with E-state index in [0.717, 1.165) is 45.6 Å². The molecule has 1 N–H and O–H groups in total. The summed E-state index contributed by atoms with van der Waals surface area (Å²) in [6, 6.07) is 4.75. The average Bonchev–Trinajstić information content (AvgIpc) is 2.74. The van der Waals surface area contributed by atoms with Crippen LogP contribution in [0.3, 0.4) is 0 Å². The highest BCUT2D eigenvalue weighted by Gasteiger charge is 2.34. The zero-order valence-corrected chi connectivity index (χ0v) is 18.4. The SMILES string of the molecule is CN(CC(C)(C)CO)C(=O)[C@H]1CCCN(C2CCN(Cc3cccnc3)CC2)C1. The predicted octanol–water partition coefficient (Wildman–Crippen LogP) is 2.23. The molecule has 2 aliphatic heterocycles. The first kappa shape index (κ1) is 22.2. The average molecular weight is 403 g/mol. The molecule has 6 nitrogen and oxygen atoms in total. The number of rotatable bonds is 7. The number of hydrogen-bond donors (Lipinski definition) is 1. The lowest BCUT2D eigenvalue weighted by Gasteiger charge is -2.43. The van der Waals surface area contributed by atoms with Gasteiger partial charge in [0, 0.05) is 57.1 Å². The quantitative estimate of drug-likeness (QED) is 0.758. The van der Waals surface area contributed by atoms with Crippen molar-refractivity contribution in [2.75, 3.05) is 46.4 Å². The highest BCUT2D eigenvalue weighted by molar-refractivity contribution is 5.79. The minimum absolute atomic E-state index is 0.0941. The van der Waals surface area contributed by atoms with E-state index >= 15 is 0 Å². The molecule has 0 unspecified atom stereocenters. The van der Waals surface area contributed by atoms with Crippen molar-refractivity contribution in [3.05, 3.63) is 30.1 Å². The minimum Gasteiger partial charge on any atom is -0.396 e. The third-order valence-corrected chi connectivity index (χ3v) is 6.47. The molecule has 0 radical (unpaired) electrons. The van der Waals surface area contributed by atoms with Crippen LogP contribution in [-0.4, -0.2) is 83.1 Å². The van der Waals surface area contributed by atoms with E-state index in [-0.39, 0.29) is 23.8 Å². The van der Waals surface area contributed by atoms with E-state index in [9.17, 15) is 9.90 Å². The van der Waals surface area contributed by atoms with E-state index in [1.54, 1.807) is 0 Å². The third-order valence-electron chi connectivity index (χ3n) is 6.47. The molecule has 29 heavy (non-hydrogen) atoms. The first-order chi connectivity index (χ1) is 13.9. The number of pyridine rings is 1. The lowest BCUT2D eigenvalue weighted by molar-refractivity contribution is -0.138. The standard InChI is InChI=1S/C23H38N4O2/c1-23(2,18-28)17-25(3)22(29)20-7-5-11-27(16-20)21-8-12-26(13-9-21)15-19-6-4-10-24-14-19/h4,6,10,14,20-21,28H,5,7-9,11-13,15-18H2,1-3H3/t20-/m0/s1. The van der Waals surface area contributed by atoms with E-state index in [1.165, 1.54) is 18.4 Å². The molecule has 1 aromatic heterocycles. The maximum absolute atomic E-state index is 13.0. The molecule has 2 aliphatic rings. The van der Waals surface area contributed by atoms with Crippen molar-refractivity contribution >= 4 is 5.91 Å². The van der Waals surface area contributed by atoms with Gasteiger partial charge in [-0.05, 0) is 56.9 Å². The Hall–Kier alpha value is -1.50. The number of aromatic nitrogens is 1. The first-order valence-electron chi connectivity index (χ1n) is 11.1. The zero-order valence-electron chi connectivity index (χ0n) is 18.4. The summed E-state index contributed by atoms with van der Waals surface area (Å²) in [6.07, 6.45) is 8.22. The van der Waals surface area contributed by atoms with Crippen LogP contribution in [0.5, 0.6) is 0 Å². The smallest absolute Gasteiger partial charge is 0.226 e. The van der Waals surface area contributed by atoms with E-state index in [2.05, 4.69) is 20.9 Å². The fraction of sp³-hybridized carbons (Fsp3) is 0.739. The Balaban J connectivity index is 1.48. The van der Waals surface area contributed by atoms with Crippen LogP contribution in [0, 0.1) is 11.3 Å². The molecule has 1 atom stereocenters. The Morgan fingerprint density at radius 1 is 1.28 bits per heavy atom. The van der Waals surface area contributed by atoms with Gasteiger partial charge < -0.3 is 10.0 Å². The van der Waals surface area contributed by atoms with Gasteiger partial charge in [-0.2, -0.15) is 0 Å². The van der Waals surface area contributed by atoms with E-state index in [0.29, 0.717) is 12.6 Å². The molecular formula is C23H38N4O2. The topological polar surface area (TPSA) is 59.9 Å². The second kappa shape index (κ2) is 10.0. The van der Waals surface area contributed by atoms with Gasteiger partial charge in [0.25, 0.3) is 0 Å².